The molecule has 0 radical (unpaired) electrons. The fraction of sp³-hybridized carbons (Fsp3) is 0.200. The number of hydrogen-bond acceptors (Lipinski definition) is 5. The Kier molecular flexibility index (Phi) is 2.89. The maximum Gasteiger partial charge on any atom is 0.289 e. The fourth-order valence-corrected chi connectivity index (χ4v) is 2.88. The Hall–Kier alpha value is -2.34. The molecule has 1 aliphatic rings. The van der Waals surface area contributed by atoms with Gasteiger partial charge in [-0.3, -0.25) is 4.79 Å². The minimum absolute atomic E-state index is 0.0180. The van der Waals surface area contributed by atoms with E-state index in [1.807, 2.05) is 29.6 Å². The first-order valence-corrected chi connectivity index (χ1v) is 7.51. The Morgan fingerprint density at radius 2 is 2.24 bits per heavy atom. The van der Waals surface area contributed by atoms with E-state index in [0.717, 1.165) is 11.0 Å². The van der Waals surface area contributed by atoms with Crippen molar-refractivity contribution in [3.8, 4) is 5.19 Å². The van der Waals surface area contributed by atoms with Crippen LogP contribution >= 0.6 is 11.3 Å². The minimum Gasteiger partial charge on any atom is -0.463 e. The highest BCUT2D eigenvalue weighted by Crippen LogP contribution is 2.24. The number of ether oxygens (including phenoxy) is 1. The summed E-state index contributed by atoms with van der Waals surface area (Å²) in [5.74, 6) is 0.286. The number of amides is 1. The van der Waals surface area contributed by atoms with Crippen LogP contribution in [0.15, 0.2) is 46.3 Å². The Morgan fingerprint density at radius 3 is 3.00 bits per heavy atom. The summed E-state index contributed by atoms with van der Waals surface area (Å²) in [6.07, 6.45) is 1.72. The molecule has 0 atom stereocenters. The summed E-state index contributed by atoms with van der Waals surface area (Å²) in [5.41, 5.74) is 0.733. The Morgan fingerprint density at radius 1 is 1.38 bits per heavy atom. The van der Waals surface area contributed by atoms with Crippen molar-refractivity contribution < 1.29 is 13.9 Å². The molecule has 5 nitrogen and oxygen atoms in total. The maximum atomic E-state index is 12.3. The van der Waals surface area contributed by atoms with Crippen LogP contribution in [0.1, 0.15) is 10.6 Å². The lowest BCUT2D eigenvalue weighted by atomic mass is 10.1. The van der Waals surface area contributed by atoms with Crippen LogP contribution in [0.2, 0.25) is 0 Å². The normalized spacial score (nSPS) is 15.1. The molecule has 0 spiro atoms. The minimum atomic E-state index is -0.0924. The maximum absolute atomic E-state index is 12.3. The van der Waals surface area contributed by atoms with Crippen LogP contribution < -0.4 is 4.74 Å². The van der Waals surface area contributed by atoms with Crippen LogP contribution in [0.5, 0.6) is 5.19 Å². The summed E-state index contributed by atoms with van der Waals surface area (Å²) in [7, 11) is 0. The number of likely N-dealkylation sites (tertiary alicyclic amines) is 1. The van der Waals surface area contributed by atoms with Crippen molar-refractivity contribution in [2.75, 3.05) is 13.1 Å². The Bertz CT molecular complexity index is 742. The number of nitrogens with zero attached hydrogens (tertiary/aromatic N) is 2. The van der Waals surface area contributed by atoms with Gasteiger partial charge < -0.3 is 14.1 Å². The van der Waals surface area contributed by atoms with Crippen molar-refractivity contribution in [2.24, 2.45) is 0 Å². The Labute approximate surface area is 124 Å². The number of aromatic nitrogens is 1. The number of thiazole rings is 1. The van der Waals surface area contributed by atoms with Crippen LogP contribution in [-0.4, -0.2) is 35.0 Å². The lowest BCUT2D eigenvalue weighted by Crippen LogP contribution is -2.56. The predicted molar refractivity (Wildman–Crippen MR) is 78.6 cm³/mol. The van der Waals surface area contributed by atoms with E-state index >= 15 is 0 Å². The molecule has 1 aromatic carbocycles. The van der Waals surface area contributed by atoms with E-state index in [-0.39, 0.29) is 12.0 Å². The molecule has 0 bridgehead atoms. The van der Waals surface area contributed by atoms with E-state index in [2.05, 4.69) is 4.98 Å². The van der Waals surface area contributed by atoms with Gasteiger partial charge in [-0.25, -0.2) is 4.98 Å². The molecule has 0 saturated carbocycles. The van der Waals surface area contributed by atoms with Gasteiger partial charge in [-0.1, -0.05) is 29.5 Å². The average molecular weight is 300 g/mol. The van der Waals surface area contributed by atoms with Gasteiger partial charge in [-0.2, -0.15) is 0 Å². The number of carbonyl (C=O) groups is 1. The number of rotatable bonds is 3. The zero-order chi connectivity index (χ0) is 14.2. The third-order valence-electron chi connectivity index (χ3n) is 3.45. The first kappa shape index (κ1) is 12.4. The van der Waals surface area contributed by atoms with E-state index in [4.69, 9.17) is 9.15 Å². The molecule has 0 unspecified atom stereocenters. The molecule has 1 amide bonds. The first-order chi connectivity index (χ1) is 10.3. The molecule has 1 fully saturated rings. The van der Waals surface area contributed by atoms with E-state index in [0.29, 0.717) is 24.0 Å². The van der Waals surface area contributed by atoms with Crippen molar-refractivity contribution in [1.29, 1.82) is 0 Å². The molecular formula is C15H12N2O3S. The summed E-state index contributed by atoms with van der Waals surface area (Å²) in [6, 6.07) is 9.39. The second-order valence-electron chi connectivity index (χ2n) is 4.90. The monoisotopic (exact) mass is 300 g/mol. The van der Waals surface area contributed by atoms with Crippen molar-refractivity contribution >= 4 is 28.2 Å². The predicted octanol–water partition coefficient (Wildman–Crippen LogP) is 2.79. The van der Waals surface area contributed by atoms with Gasteiger partial charge >= 0.3 is 0 Å². The zero-order valence-corrected chi connectivity index (χ0v) is 11.9. The van der Waals surface area contributed by atoms with Gasteiger partial charge in [-0.05, 0) is 12.1 Å². The third-order valence-corrected chi connectivity index (χ3v) is 4.11. The van der Waals surface area contributed by atoms with Crippen LogP contribution in [0.25, 0.3) is 11.0 Å². The highest BCUT2D eigenvalue weighted by Gasteiger charge is 2.34. The molecule has 1 aliphatic heterocycles. The molecule has 0 N–H and O–H groups in total. The van der Waals surface area contributed by atoms with Crippen LogP contribution in [-0.2, 0) is 0 Å². The molecular weight excluding hydrogens is 288 g/mol. The van der Waals surface area contributed by atoms with Crippen LogP contribution in [0.3, 0.4) is 0 Å². The van der Waals surface area contributed by atoms with Crippen LogP contribution in [0.4, 0.5) is 0 Å². The largest absolute Gasteiger partial charge is 0.463 e. The van der Waals surface area contributed by atoms with Gasteiger partial charge in [0.05, 0.1) is 13.1 Å². The molecule has 6 heteroatoms. The number of fused-ring (bicyclic) bond motifs is 1. The first-order valence-electron chi connectivity index (χ1n) is 6.63. The van der Waals surface area contributed by atoms with E-state index in [1.165, 1.54) is 11.3 Å². The molecule has 0 aliphatic carbocycles. The molecule has 106 valence electrons. The molecule has 1 saturated heterocycles. The van der Waals surface area contributed by atoms with E-state index in [9.17, 15) is 4.79 Å². The lowest BCUT2D eigenvalue weighted by Gasteiger charge is -2.37. The van der Waals surface area contributed by atoms with Gasteiger partial charge in [0, 0.05) is 17.0 Å². The molecule has 3 aromatic rings. The smallest absolute Gasteiger partial charge is 0.289 e. The van der Waals surface area contributed by atoms with E-state index < -0.39 is 0 Å². The topological polar surface area (TPSA) is 55.6 Å². The van der Waals surface area contributed by atoms with E-state index in [1.54, 1.807) is 17.2 Å². The summed E-state index contributed by atoms with van der Waals surface area (Å²) in [5, 5.41) is 3.46. The number of benzene rings is 1. The molecule has 4 rings (SSSR count). The lowest BCUT2D eigenvalue weighted by molar-refractivity contribution is 0.0156. The summed E-state index contributed by atoms with van der Waals surface area (Å²) in [4.78, 5) is 18.1. The Balaban J connectivity index is 1.42. The van der Waals surface area contributed by atoms with Crippen molar-refractivity contribution in [2.45, 2.75) is 6.10 Å². The van der Waals surface area contributed by atoms with Gasteiger partial charge in [-0.15, -0.1) is 0 Å². The second kappa shape index (κ2) is 4.89. The zero-order valence-electron chi connectivity index (χ0n) is 11.1. The molecule has 2 aromatic heterocycles. The van der Waals surface area contributed by atoms with Crippen molar-refractivity contribution in [1.82, 2.24) is 9.88 Å². The summed E-state index contributed by atoms with van der Waals surface area (Å²) in [6.45, 7) is 1.13. The molecule has 3 heterocycles. The van der Waals surface area contributed by atoms with Gasteiger partial charge in [0.2, 0.25) is 0 Å². The van der Waals surface area contributed by atoms with Gasteiger partial charge in [0.25, 0.3) is 11.1 Å². The summed E-state index contributed by atoms with van der Waals surface area (Å²) >= 11 is 1.45. The SMILES string of the molecule is O=C(c1cc2ccccc2o1)N1CC(Oc2nccs2)C1. The standard InChI is InChI=1S/C15H12N2O3S/c18-14(13-7-10-3-1-2-4-12(10)20-13)17-8-11(9-17)19-15-16-5-6-21-15/h1-7,11H,8-9H2. The van der Waals surface area contributed by atoms with Crippen molar-refractivity contribution in [3.05, 3.63) is 47.7 Å². The van der Waals surface area contributed by atoms with Gasteiger partial charge in [0.15, 0.2) is 5.76 Å². The number of furan rings is 1. The highest BCUT2D eigenvalue weighted by molar-refractivity contribution is 7.11. The molecule has 21 heavy (non-hydrogen) atoms. The summed E-state index contributed by atoms with van der Waals surface area (Å²) < 4.78 is 11.2. The third kappa shape index (κ3) is 2.27. The number of carbonyl (C=O) groups excluding carboxylic acids is 1. The average Bonchev–Trinajstić information content (AvgIpc) is 3.10. The second-order valence-corrected chi connectivity index (χ2v) is 5.75. The number of hydrogen-bond donors (Lipinski definition) is 0. The van der Waals surface area contributed by atoms with Gasteiger partial charge in [0.1, 0.15) is 11.7 Å². The highest BCUT2D eigenvalue weighted by atomic mass is 32.1. The fourth-order valence-electron chi connectivity index (χ4n) is 2.33. The van der Waals surface area contributed by atoms with Crippen molar-refractivity contribution in [3.63, 3.8) is 0 Å². The number of para-hydroxylation sites is 1. The van der Waals surface area contributed by atoms with Crippen LogP contribution in [0, 0.1) is 0 Å². The quantitative estimate of drug-likeness (QED) is 0.746.